The fraction of sp³-hybridized carbons (Fsp3) is 0.529. The Morgan fingerprint density at radius 3 is 2.54 bits per heavy atom. The fourth-order valence-corrected chi connectivity index (χ4v) is 2.70. The SMILES string of the molecule is COc1cccc(-n2nnnc2N2CCN(C(=O)OC(C)(C)C)CC2)c1. The molecular formula is C17H24N6O3. The molecule has 0 radical (unpaired) electrons. The second kappa shape index (κ2) is 7.19. The third-order valence-corrected chi connectivity index (χ3v) is 3.97. The van der Waals surface area contributed by atoms with E-state index in [0.717, 1.165) is 11.4 Å². The highest BCUT2D eigenvalue weighted by Crippen LogP contribution is 2.21. The lowest BCUT2D eigenvalue weighted by Crippen LogP contribution is -2.50. The summed E-state index contributed by atoms with van der Waals surface area (Å²) in [7, 11) is 1.62. The maximum atomic E-state index is 12.2. The van der Waals surface area contributed by atoms with Gasteiger partial charge in [-0.05, 0) is 43.3 Å². The van der Waals surface area contributed by atoms with Crippen LogP contribution in [0.4, 0.5) is 10.7 Å². The average molecular weight is 360 g/mol. The molecule has 2 heterocycles. The molecule has 0 spiro atoms. The molecule has 9 nitrogen and oxygen atoms in total. The van der Waals surface area contributed by atoms with Crippen molar-refractivity contribution in [1.29, 1.82) is 0 Å². The van der Waals surface area contributed by atoms with Gasteiger partial charge in [0.1, 0.15) is 11.4 Å². The topological polar surface area (TPSA) is 85.6 Å². The highest BCUT2D eigenvalue weighted by Gasteiger charge is 2.28. The predicted octanol–water partition coefficient (Wildman–Crippen LogP) is 1.73. The van der Waals surface area contributed by atoms with Crippen molar-refractivity contribution in [2.75, 3.05) is 38.2 Å². The molecule has 0 saturated carbocycles. The van der Waals surface area contributed by atoms with Crippen LogP contribution in [0.15, 0.2) is 24.3 Å². The monoisotopic (exact) mass is 360 g/mol. The van der Waals surface area contributed by atoms with Gasteiger partial charge < -0.3 is 19.3 Å². The first kappa shape index (κ1) is 18.0. The molecule has 2 aromatic rings. The number of methoxy groups -OCH3 is 1. The van der Waals surface area contributed by atoms with Gasteiger partial charge in [-0.3, -0.25) is 0 Å². The molecule has 26 heavy (non-hydrogen) atoms. The van der Waals surface area contributed by atoms with E-state index in [0.29, 0.717) is 32.1 Å². The van der Waals surface area contributed by atoms with Crippen molar-refractivity contribution in [3.63, 3.8) is 0 Å². The lowest BCUT2D eigenvalue weighted by atomic mass is 10.2. The van der Waals surface area contributed by atoms with Crippen LogP contribution >= 0.6 is 0 Å². The summed E-state index contributed by atoms with van der Waals surface area (Å²) in [6, 6.07) is 7.54. The van der Waals surface area contributed by atoms with Gasteiger partial charge in [-0.2, -0.15) is 4.68 Å². The first-order chi connectivity index (χ1) is 12.4. The van der Waals surface area contributed by atoms with Gasteiger partial charge in [0.05, 0.1) is 12.8 Å². The summed E-state index contributed by atoms with van der Waals surface area (Å²) in [5, 5.41) is 12.1. The Hall–Kier alpha value is -2.84. The van der Waals surface area contributed by atoms with Crippen LogP contribution < -0.4 is 9.64 Å². The van der Waals surface area contributed by atoms with Crippen LogP contribution in [0.1, 0.15) is 20.8 Å². The van der Waals surface area contributed by atoms with Crippen LogP contribution in [0.3, 0.4) is 0 Å². The van der Waals surface area contributed by atoms with Gasteiger partial charge in [-0.25, -0.2) is 4.79 Å². The highest BCUT2D eigenvalue weighted by atomic mass is 16.6. The minimum atomic E-state index is -0.495. The minimum absolute atomic E-state index is 0.287. The Bertz CT molecular complexity index is 762. The zero-order valence-corrected chi connectivity index (χ0v) is 15.5. The van der Waals surface area contributed by atoms with Gasteiger partial charge in [0, 0.05) is 32.2 Å². The van der Waals surface area contributed by atoms with Crippen LogP contribution in [0, 0.1) is 0 Å². The molecule has 0 N–H and O–H groups in total. The Morgan fingerprint density at radius 1 is 1.15 bits per heavy atom. The molecule has 1 saturated heterocycles. The molecule has 1 aliphatic rings. The summed E-state index contributed by atoms with van der Waals surface area (Å²) in [5.41, 5.74) is 0.323. The van der Waals surface area contributed by atoms with E-state index in [1.165, 1.54) is 0 Å². The van der Waals surface area contributed by atoms with Crippen LogP contribution in [0.2, 0.25) is 0 Å². The largest absolute Gasteiger partial charge is 0.497 e. The van der Waals surface area contributed by atoms with E-state index in [9.17, 15) is 4.79 Å². The number of tetrazole rings is 1. The smallest absolute Gasteiger partial charge is 0.410 e. The number of hydrogen-bond acceptors (Lipinski definition) is 7. The average Bonchev–Trinajstić information content (AvgIpc) is 3.10. The molecule has 9 heteroatoms. The van der Waals surface area contributed by atoms with Crippen molar-refractivity contribution in [2.45, 2.75) is 26.4 Å². The molecule has 1 fully saturated rings. The summed E-state index contributed by atoms with van der Waals surface area (Å²) < 4.78 is 12.4. The van der Waals surface area contributed by atoms with Gasteiger partial charge in [0.15, 0.2) is 0 Å². The van der Waals surface area contributed by atoms with Gasteiger partial charge in [-0.15, -0.1) is 0 Å². The first-order valence-electron chi connectivity index (χ1n) is 8.53. The van der Waals surface area contributed by atoms with Gasteiger partial charge in [0.2, 0.25) is 5.95 Å². The van der Waals surface area contributed by atoms with Crippen LogP contribution in [0.5, 0.6) is 5.75 Å². The van der Waals surface area contributed by atoms with E-state index in [4.69, 9.17) is 9.47 Å². The predicted molar refractivity (Wildman–Crippen MR) is 95.7 cm³/mol. The number of aromatic nitrogens is 4. The van der Waals surface area contributed by atoms with E-state index in [1.54, 1.807) is 16.7 Å². The van der Waals surface area contributed by atoms with Crippen molar-refractivity contribution in [3.05, 3.63) is 24.3 Å². The molecule has 1 amide bonds. The van der Waals surface area contributed by atoms with Gasteiger partial charge >= 0.3 is 6.09 Å². The number of hydrogen-bond donors (Lipinski definition) is 0. The summed E-state index contributed by atoms with van der Waals surface area (Å²) >= 11 is 0. The minimum Gasteiger partial charge on any atom is -0.497 e. The van der Waals surface area contributed by atoms with Crippen molar-refractivity contribution < 1.29 is 14.3 Å². The number of carbonyl (C=O) groups is 1. The molecular weight excluding hydrogens is 336 g/mol. The van der Waals surface area contributed by atoms with E-state index >= 15 is 0 Å². The fourth-order valence-electron chi connectivity index (χ4n) is 2.70. The van der Waals surface area contributed by atoms with Crippen molar-refractivity contribution >= 4 is 12.0 Å². The van der Waals surface area contributed by atoms with Crippen molar-refractivity contribution in [3.8, 4) is 11.4 Å². The Kier molecular flexibility index (Phi) is 4.97. The molecule has 1 aliphatic heterocycles. The number of anilines is 1. The number of ether oxygens (including phenoxy) is 2. The lowest BCUT2D eigenvalue weighted by Gasteiger charge is -2.35. The molecule has 0 atom stereocenters. The molecule has 0 unspecified atom stereocenters. The van der Waals surface area contributed by atoms with Gasteiger partial charge in [0.25, 0.3) is 0 Å². The summed E-state index contributed by atoms with van der Waals surface area (Å²) in [6.45, 7) is 7.96. The maximum absolute atomic E-state index is 12.2. The third kappa shape index (κ3) is 4.04. The Labute approximate surface area is 152 Å². The second-order valence-electron chi connectivity index (χ2n) is 7.05. The van der Waals surface area contributed by atoms with E-state index < -0.39 is 5.60 Å². The summed E-state index contributed by atoms with van der Waals surface area (Å²) in [5.74, 6) is 1.38. The number of rotatable bonds is 3. The number of piperazine rings is 1. The molecule has 0 aliphatic carbocycles. The van der Waals surface area contributed by atoms with Crippen LogP contribution in [-0.2, 0) is 4.74 Å². The van der Waals surface area contributed by atoms with Crippen LogP contribution in [-0.4, -0.2) is 70.1 Å². The second-order valence-corrected chi connectivity index (χ2v) is 7.05. The normalized spacial score (nSPS) is 15.1. The third-order valence-electron chi connectivity index (χ3n) is 3.97. The zero-order chi connectivity index (χ0) is 18.7. The summed E-state index contributed by atoms with van der Waals surface area (Å²) in [6.07, 6.45) is -0.287. The highest BCUT2D eigenvalue weighted by molar-refractivity contribution is 5.68. The lowest BCUT2D eigenvalue weighted by molar-refractivity contribution is 0.0240. The van der Waals surface area contributed by atoms with Crippen molar-refractivity contribution in [2.24, 2.45) is 0 Å². The summed E-state index contributed by atoms with van der Waals surface area (Å²) in [4.78, 5) is 16.0. The number of benzene rings is 1. The molecule has 1 aromatic carbocycles. The Morgan fingerprint density at radius 2 is 1.88 bits per heavy atom. The van der Waals surface area contributed by atoms with E-state index in [1.807, 2.05) is 45.0 Å². The molecule has 3 rings (SSSR count). The number of amides is 1. The van der Waals surface area contributed by atoms with E-state index in [2.05, 4.69) is 20.4 Å². The maximum Gasteiger partial charge on any atom is 0.410 e. The number of nitrogens with zero attached hydrogens (tertiary/aromatic N) is 6. The first-order valence-corrected chi connectivity index (χ1v) is 8.53. The molecule has 0 bridgehead atoms. The molecule has 1 aromatic heterocycles. The van der Waals surface area contributed by atoms with E-state index in [-0.39, 0.29) is 6.09 Å². The van der Waals surface area contributed by atoms with Gasteiger partial charge in [-0.1, -0.05) is 11.2 Å². The standard InChI is InChI=1S/C17H24N6O3/c1-17(2,3)26-16(24)22-10-8-21(9-11-22)15-18-19-20-23(15)13-6-5-7-14(12-13)25-4/h5-7,12H,8-11H2,1-4H3. The van der Waals surface area contributed by atoms with Crippen molar-refractivity contribution in [1.82, 2.24) is 25.1 Å². The van der Waals surface area contributed by atoms with Crippen LogP contribution in [0.25, 0.3) is 5.69 Å². The Balaban J connectivity index is 1.69. The zero-order valence-electron chi connectivity index (χ0n) is 15.5. The molecule has 140 valence electrons. The quantitative estimate of drug-likeness (QED) is 0.824. The number of carbonyl (C=O) groups excluding carboxylic acids is 1.